The number of ether oxygens (including phenoxy) is 3. The Bertz CT molecular complexity index is 680. The van der Waals surface area contributed by atoms with Gasteiger partial charge in [-0.05, 0) is 31.8 Å². The SMILES string of the molecule is CC/C=C\C[C@@H](/C=C/[C@@H]1[C@@H](C/C=C\CCCC(=O)OC)[C@@H](OC(C)=O)C[C@H]1O)OC(C)=O. The van der Waals surface area contributed by atoms with Crippen LogP contribution < -0.4 is 0 Å². The van der Waals surface area contributed by atoms with Crippen molar-refractivity contribution < 1.29 is 33.7 Å². The number of esters is 3. The summed E-state index contributed by atoms with van der Waals surface area (Å²) in [5.74, 6) is -1.28. The van der Waals surface area contributed by atoms with E-state index in [0.717, 1.165) is 12.8 Å². The topological polar surface area (TPSA) is 99.1 Å². The maximum absolute atomic E-state index is 11.6. The fourth-order valence-corrected chi connectivity index (χ4v) is 3.90. The summed E-state index contributed by atoms with van der Waals surface area (Å²) in [4.78, 5) is 34.2. The minimum Gasteiger partial charge on any atom is -0.469 e. The summed E-state index contributed by atoms with van der Waals surface area (Å²) in [7, 11) is 1.37. The zero-order chi connectivity index (χ0) is 23.9. The van der Waals surface area contributed by atoms with Crippen molar-refractivity contribution in [1.29, 1.82) is 0 Å². The number of hydrogen-bond donors (Lipinski definition) is 1. The Labute approximate surface area is 191 Å². The molecule has 180 valence electrons. The summed E-state index contributed by atoms with van der Waals surface area (Å²) < 4.78 is 15.5. The molecule has 0 aliphatic heterocycles. The lowest BCUT2D eigenvalue weighted by atomic mass is 9.89. The molecule has 0 saturated heterocycles. The van der Waals surface area contributed by atoms with Crippen LogP contribution in [0.2, 0.25) is 0 Å². The molecule has 7 heteroatoms. The van der Waals surface area contributed by atoms with E-state index < -0.39 is 12.2 Å². The highest BCUT2D eigenvalue weighted by atomic mass is 16.5. The van der Waals surface area contributed by atoms with Crippen molar-refractivity contribution in [2.24, 2.45) is 11.8 Å². The first-order chi connectivity index (χ1) is 15.3. The van der Waals surface area contributed by atoms with E-state index in [-0.39, 0.29) is 35.8 Å². The van der Waals surface area contributed by atoms with Crippen LogP contribution >= 0.6 is 0 Å². The third-order valence-electron chi connectivity index (χ3n) is 5.40. The lowest BCUT2D eigenvalue weighted by molar-refractivity contribution is -0.148. The highest BCUT2D eigenvalue weighted by Crippen LogP contribution is 2.38. The number of aliphatic hydroxyl groups is 1. The number of hydrogen-bond acceptors (Lipinski definition) is 7. The van der Waals surface area contributed by atoms with Crippen molar-refractivity contribution in [2.45, 2.75) is 84.0 Å². The molecule has 1 N–H and O–H groups in total. The molecular weight excluding hydrogens is 412 g/mol. The Morgan fingerprint density at radius 1 is 1.09 bits per heavy atom. The summed E-state index contributed by atoms with van der Waals surface area (Å²) in [6.07, 6.45) is 14.5. The summed E-state index contributed by atoms with van der Waals surface area (Å²) >= 11 is 0. The van der Waals surface area contributed by atoms with E-state index in [9.17, 15) is 19.5 Å². The summed E-state index contributed by atoms with van der Waals surface area (Å²) in [6, 6.07) is 0. The summed E-state index contributed by atoms with van der Waals surface area (Å²) in [5.41, 5.74) is 0. The van der Waals surface area contributed by atoms with Crippen LogP contribution in [0.4, 0.5) is 0 Å². The van der Waals surface area contributed by atoms with Crippen LogP contribution in [0.1, 0.15) is 65.7 Å². The molecule has 0 aromatic carbocycles. The van der Waals surface area contributed by atoms with E-state index in [2.05, 4.69) is 4.74 Å². The van der Waals surface area contributed by atoms with E-state index >= 15 is 0 Å². The van der Waals surface area contributed by atoms with Gasteiger partial charge in [-0.3, -0.25) is 14.4 Å². The number of methoxy groups -OCH3 is 1. The third-order valence-corrected chi connectivity index (χ3v) is 5.40. The van der Waals surface area contributed by atoms with Gasteiger partial charge >= 0.3 is 17.9 Å². The van der Waals surface area contributed by atoms with Crippen LogP contribution in [0.5, 0.6) is 0 Å². The molecule has 0 radical (unpaired) electrons. The molecular formula is C25H38O7. The second-order valence-electron chi connectivity index (χ2n) is 8.02. The van der Waals surface area contributed by atoms with Crippen LogP contribution in [0, 0.1) is 11.8 Å². The lowest BCUT2D eigenvalue weighted by Crippen LogP contribution is -2.24. The first-order valence-electron chi connectivity index (χ1n) is 11.4. The number of carbonyl (C=O) groups excluding carboxylic acids is 3. The first kappa shape index (κ1) is 27.6. The van der Waals surface area contributed by atoms with Crippen LogP contribution in [0.3, 0.4) is 0 Å². The van der Waals surface area contributed by atoms with Gasteiger partial charge in [0.2, 0.25) is 0 Å². The lowest BCUT2D eigenvalue weighted by Gasteiger charge is -2.22. The number of carbonyl (C=O) groups is 3. The summed E-state index contributed by atoms with van der Waals surface area (Å²) in [5, 5.41) is 10.6. The molecule has 1 fully saturated rings. The van der Waals surface area contributed by atoms with E-state index in [1.54, 1.807) is 0 Å². The zero-order valence-electron chi connectivity index (χ0n) is 19.7. The number of allylic oxidation sites excluding steroid dienone is 3. The maximum Gasteiger partial charge on any atom is 0.305 e. The van der Waals surface area contributed by atoms with Gasteiger partial charge in [0, 0.05) is 44.9 Å². The van der Waals surface area contributed by atoms with E-state index in [1.807, 2.05) is 43.4 Å². The summed E-state index contributed by atoms with van der Waals surface area (Å²) in [6.45, 7) is 4.77. The van der Waals surface area contributed by atoms with Crippen LogP contribution in [-0.2, 0) is 28.6 Å². The van der Waals surface area contributed by atoms with E-state index in [4.69, 9.17) is 9.47 Å². The predicted molar refractivity (Wildman–Crippen MR) is 122 cm³/mol. The van der Waals surface area contributed by atoms with Gasteiger partial charge in [-0.25, -0.2) is 0 Å². The van der Waals surface area contributed by atoms with Crippen LogP contribution in [0.15, 0.2) is 36.5 Å². The van der Waals surface area contributed by atoms with Crippen molar-refractivity contribution in [3.63, 3.8) is 0 Å². The minimum absolute atomic E-state index is 0.0915. The highest BCUT2D eigenvalue weighted by Gasteiger charge is 2.42. The van der Waals surface area contributed by atoms with Gasteiger partial charge in [0.15, 0.2) is 0 Å². The van der Waals surface area contributed by atoms with Crippen molar-refractivity contribution in [3.8, 4) is 0 Å². The molecule has 0 amide bonds. The van der Waals surface area contributed by atoms with Gasteiger partial charge in [-0.1, -0.05) is 37.3 Å². The number of unbranched alkanes of at least 4 members (excludes halogenated alkanes) is 1. The Morgan fingerprint density at radius 2 is 1.84 bits per heavy atom. The highest BCUT2D eigenvalue weighted by molar-refractivity contribution is 5.69. The monoisotopic (exact) mass is 450 g/mol. The molecule has 0 aromatic heterocycles. The van der Waals surface area contributed by atoms with Crippen LogP contribution in [-0.4, -0.2) is 48.4 Å². The standard InChI is InChI=1S/C25H38O7/c1-5-6-9-12-20(31-18(2)26)15-16-21-22(24(17-23(21)28)32-19(3)27)13-10-7-8-11-14-25(29)30-4/h6-7,9-10,15-16,20-24,28H,5,8,11-14,17H2,1-4H3/b9-6-,10-7-,16-15+/t20-,21+,22+,23+,24-/m0/s1. The number of rotatable bonds is 13. The first-order valence-corrected chi connectivity index (χ1v) is 11.4. The smallest absolute Gasteiger partial charge is 0.305 e. The molecule has 7 nitrogen and oxygen atoms in total. The number of aliphatic hydroxyl groups excluding tert-OH is 1. The average molecular weight is 451 g/mol. The minimum atomic E-state index is -0.655. The van der Waals surface area contributed by atoms with Crippen LogP contribution in [0.25, 0.3) is 0 Å². The van der Waals surface area contributed by atoms with Gasteiger partial charge in [0.05, 0.1) is 13.2 Å². The second-order valence-corrected chi connectivity index (χ2v) is 8.02. The fraction of sp³-hybridized carbons (Fsp3) is 0.640. The fourth-order valence-electron chi connectivity index (χ4n) is 3.90. The van der Waals surface area contributed by atoms with Gasteiger partial charge in [0.1, 0.15) is 12.2 Å². The van der Waals surface area contributed by atoms with Crippen molar-refractivity contribution in [1.82, 2.24) is 0 Å². The molecule has 1 aliphatic rings. The molecule has 0 bridgehead atoms. The van der Waals surface area contributed by atoms with Gasteiger partial charge in [0.25, 0.3) is 0 Å². The van der Waals surface area contributed by atoms with Crippen molar-refractivity contribution in [3.05, 3.63) is 36.5 Å². The molecule has 1 aliphatic carbocycles. The molecule has 5 atom stereocenters. The molecule has 0 spiro atoms. The zero-order valence-corrected chi connectivity index (χ0v) is 19.7. The molecule has 1 saturated carbocycles. The molecule has 0 unspecified atom stereocenters. The second kappa shape index (κ2) is 15.4. The van der Waals surface area contributed by atoms with Gasteiger partial charge < -0.3 is 19.3 Å². The Kier molecular flexibility index (Phi) is 13.3. The quantitative estimate of drug-likeness (QED) is 0.196. The third kappa shape index (κ3) is 10.8. The predicted octanol–water partition coefficient (Wildman–Crippen LogP) is 4.05. The Morgan fingerprint density at radius 3 is 2.47 bits per heavy atom. The Hall–Kier alpha value is -2.41. The maximum atomic E-state index is 11.6. The molecule has 0 heterocycles. The van der Waals surface area contributed by atoms with E-state index in [1.165, 1.54) is 21.0 Å². The Balaban J connectivity index is 2.85. The normalized spacial score (nSPS) is 24.3. The molecule has 0 aromatic rings. The average Bonchev–Trinajstić information content (AvgIpc) is 3.01. The van der Waals surface area contributed by atoms with E-state index in [0.29, 0.717) is 32.1 Å². The largest absolute Gasteiger partial charge is 0.469 e. The van der Waals surface area contributed by atoms with Gasteiger partial charge in [-0.15, -0.1) is 0 Å². The molecule has 1 rings (SSSR count). The molecule has 32 heavy (non-hydrogen) atoms. The van der Waals surface area contributed by atoms with Crippen molar-refractivity contribution in [2.75, 3.05) is 7.11 Å². The van der Waals surface area contributed by atoms with Crippen molar-refractivity contribution >= 4 is 17.9 Å². The van der Waals surface area contributed by atoms with Gasteiger partial charge in [-0.2, -0.15) is 0 Å².